The lowest BCUT2D eigenvalue weighted by Crippen LogP contribution is -2.69. The van der Waals surface area contributed by atoms with Crippen LogP contribution >= 0.6 is 0 Å². The average molecular weight is 644 g/mol. The summed E-state index contributed by atoms with van der Waals surface area (Å²) in [5.41, 5.74) is 0.508. The molecular formula is C37H45N3O7. The van der Waals surface area contributed by atoms with Gasteiger partial charge in [0.25, 0.3) is 5.69 Å². The number of carboxylic acids is 2. The van der Waals surface area contributed by atoms with E-state index >= 15 is 0 Å². The Balaban J connectivity index is 1.55. The van der Waals surface area contributed by atoms with Gasteiger partial charge in [-0.25, -0.2) is 0 Å². The standard InChI is InChI=1S/C37H45N3O7/c1-24(17-27-12-14-28(15-13-27)18-29-9-8-16-38-20-29)21-47-23-35(4,5)22-37(34(43)44)26(3)39-25(2)36(6,33(41)42)32(37)30-10-7-11-31(19-30)40(45)46/h7-17,19-20,25-26,32,39H,18,21-23H2,1-6H3,(H,41,42)(H,43,44). The van der Waals surface area contributed by atoms with Gasteiger partial charge in [-0.3, -0.25) is 24.7 Å². The van der Waals surface area contributed by atoms with Crippen LogP contribution in [0.1, 0.15) is 76.1 Å². The third-order valence-electron chi connectivity index (χ3n) is 9.68. The Bertz CT molecular complexity index is 1620. The number of nitrogens with one attached hydrogen (secondary N) is 1. The average Bonchev–Trinajstić information content (AvgIpc) is 3.01. The number of non-ortho nitro benzene ring substituents is 1. The second-order valence-electron chi connectivity index (χ2n) is 13.9. The number of piperidine rings is 1. The van der Waals surface area contributed by atoms with E-state index in [2.05, 4.69) is 34.6 Å². The molecule has 2 heterocycles. The summed E-state index contributed by atoms with van der Waals surface area (Å²) in [6.45, 7) is 11.3. The number of carboxylic acid groups (broad SMARTS) is 2. The first-order valence-corrected chi connectivity index (χ1v) is 15.8. The number of nitro groups is 1. The first-order chi connectivity index (χ1) is 22.1. The zero-order valence-electron chi connectivity index (χ0n) is 27.9. The second-order valence-corrected chi connectivity index (χ2v) is 13.9. The smallest absolute Gasteiger partial charge is 0.311 e. The van der Waals surface area contributed by atoms with Gasteiger partial charge >= 0.3 is 11.9 Å². The molecule has 3 N–H and O–H groups in total. The second kappa shape index (κ2) is 14.1. The van der Waals surface area contributed by atoms with Crippen molar-refractivity contribution in [3.8, 4) is 0 Å². The summed E-state index contributed by atoms with van der Waals surface area (Å²) in [4.78, 5) is 41.8. The van der Waals surface area contributed by atoms with E-state index in [1.54, 1.807) is 26.1 Å². The first kappa shape index (κ1) is 35.4. The van der Waals surface area contributed by atoms with E-state index in [1.165, 1.54) is 30.7 Å². The molecule has 250 valence electrons. The van der Waals surface area contributed by atoms with Gasteiger partial charge in [0.05, 0.1) is 29.0 Å². The third kappa shape index (κ3) is 7.60. The molecule has 5 unspecified atom stereocenters. The van der Waals surface area contributed by atoms with Crippen molar-refractivity contribution in [1.82, 2.24) is 10.3 Å². The van der Waals surface area contributed by atoms with E-state index in [9.17, 15) is 29.9 Å². The zero-order chi connectivity index (χ0) is 34.6. The number of aliphatic carboxylic acids is 2. The fourth-order valence-corrected chi connectivity index (χ4v) is 7.27. The van der Waals surface area contributed by atoms with Crippen molar-refractivity contribution in [2.45, 2.75) is 72.4 Å². The van der Waals surface area contributed by atoms with Crippen molar-refractivity contribution >= 4 is 23.7 Å². The highest BCUT2D eigenvalue weighted by atomic mass is 16.6. The molecule has 0 bridgehead atoms. The molecule has 1 aromatic heterocycles. The van der Waals surface area contributed by atoms with E-state index in [4.69, 9.17) is 4.74 Å². The number of hydrogen-bond acceptors (Lipinski definition) is 7. The van der Waals surface area contributed by atoms with Crippen molar-refractivity contribution in [2.24, 2.45) is 16.2 Å². The molecular weight excluding hydrogens is 598 g/mol. The molecule has 0 amide bonds. The van der Waals surface area contributed by atoms with Crippen LogP contribution in [-0.2, 0) is 20.7 Å². The molecule has 4 rings (SSSR count). The largest absolute Gasteiger partial charge is 0.481 e. The molecule has 1 aliphatic heterocycles. The summed E-state index contributed by atoms with van der Waals surface area (Å²) in [5, 5.41) is 36.5. The predicted molar refractivity (Wildman–Crippen MR) is 180 cm³/mol. The molecule has 0 radical (unpaired) electrons. The number of hydrogen-bond donors (Lipinski definition) is 3. The lowest BCUT2D eigenvalue weighted by molar-refractivity contribution is -0.385. The lowest BCUT2D eigenvalue weighted by Gasteiger charge is -2.57. The van der Waals surface area contributed by atoms with E-state index < -0.39 is 51.1 Å². The minimum Gasteiger partial charge on any atom is -0.481 e. The maximum Gasteiger partial charge on any atom is 0.311 e. The van der Waals surface area contributed by atoms with Gasteiger partial charge in [-0.05, 0) is 79.8 Å². The van der Waals surface area contributed by atoms with Crippen molar-refractivity contribution in [3.05, 3.63) is 111 Å². The SMILES string of the molecule is CC(=Cc1ccc(Cc2cccnc2)cc1)COCC(C)(C)CC1(C(=O)O)C(C)NC(C)C(C)(C(=O)O)C1c1cccc([N+](=O)[O-])c1. The van der Waals surface area contributed by atoms with Gasteiger partial charge in [0.1, 0.15) is 0 Å². The maximum absolute atomic E-state index is 13.5. The van der Waals surface area contributed by atoms with Gasteiger partial charge in [-0.15, -0.1) is 0 Å². The molecule has 47 heavy (non-hydrogen) atoms. The third-order valence-corrected chi connectivity index (χ3v) is 9.68. The number of pyridine rings is 1. The molecule has 2 aromatic carbocycles. The number of nitrogens with zero attached hydrogens (tertiary/aromatic N) is 2. The van der Waals surface area contributed by atoms with Crippen LogP contribution < -0.4 is 5.32 Å². The van der Waals surface area contributed by atoms with Crippen LogP contribution in [0, 0.1) is 26.4 Å². The molecule has 1 aliphatic rings. The van der Waals surface area contributed by atoms with Gasteiger partial charge in [0, 0.05) is 42.5 Å². The number of nitro benzene ring substituents is 1. The van der Waals surface area contributed by atoms with Crippen LogP contribution in [0.3, 0.4) is 0 Å². The lowest BCUT2D eigenvalue weighted by atomic mass is 9.49. The van der Waals surface area contributed by atoms with E-state index in [0.29, 0.717) is 12.2 Å². The molecule has 0 aliphatic carbocycles. The number of ether oxygens (including phenoxy) is 1. The van der Waals surface area contributed by atoms with Gasteiger partial charge < -0.3 is 20.3 Å². The number of rotatable bonds is 13. The van der Waals surface area contributed by atoms with Crippen LogP contribution in [0.5, 0.6) is 0 Å². The molecule has 0 saturated carbocycles. The Morgan fingerprint density at radius 2 is 1.74 bits per heavy atom. The van der Waals surface area contributed by atoms with E-state index in [-0.39, 0.29) is 18.7 Å². The molecule has 0 spiro atoms. The molecule has 1 fully saturated rings. The Morgan fingerprint density at radius 1 is 1.04 bits per heavy atom. The fourth-order valence-electron chi connectivity index (χ4n) is 7.27. The van der Waals surface area contributed by atoms with E-state index in [1.807, 2.05) is 45.2 Å². The van der Waals surface area contributed by atoms with Crippen molar-refractivity contribution in [3.63, 3.8) is 0 Å². The van der Waals surface area contributed by atoms with Crippen LogP contribution in [0.25, 0.3) is 6.08 Å². The Hall–Kier alpha value is -4.41. The Labute approximate surface area is 276 Å². The van der Waals surface area contributed by atoms with Crippen molar-refractivity contribution in [1.29, 1.82) is 0 Å². The van der Waals surface area contributed by atoms with Gasteiger partial charge in [-0.1, -0.05) is 62.4 Å². The number of benzene rings is 2. The van der Waals surface area contributed by atoms with Gasteiger partial charge in [0.2, 0.25) is 0 Å². The van der Waals surface area contributed by atoms with Crippen LogP contribution in [-0.4, -0.2) is 57.4 Å². The Kier molecular flexibility index (Phi) is 10.7. The highest BCUT2D eigenvalue weighted by Gasteiger charge is 2.66. The molecule has 1 saturated heterocycles. The minimum absolute atomic E-state index is 0.0631. The van der Waals surface area contributed by atoms with Gasteiger partial charge in [0.15, 0.2) is 0 Å². The van der Waals surface area contributed by atoms with Crippen molar-refractivity contribution in [2.75, 3.05) is 13.2 Å². The van der Waals surface area contributed by atoms with Crippen molar-refractivity contribution < 1.29 is 29.5 Å². The number of aromatic nitrogens is 1. The summed E-state index contributed by atoms with van der Waals surface area (Å²) < 4.78 is 6.15. The summed E-state index contributed by atoms with van der Waals surface area (Å²) >= 11 is 0. The number of carbonyl (C=O) groups is 2. The Morgan fingerprint density at radius 3 is 2.34 bits per heavy atom. The highest BCUT2D eigenvalue weighted by molar-refractivity contribution is 5.84. The van der Waals surface area contributed by atoms with Crippen LogP contribution in [0.4, 0.5) is 5.69 Å². The quantitative estimate of drug-likeness (QED) is 0.136. The predicted octanol–water partition coefficient (Wildman–Crippen LogP) is 6.74. The van der Waals surface area contributed by atoms with E-state index in [0.717, 1.165) is 23.1 Å². The van der Waals surface area contributed by atoms with Crippen LogP contribution in [0.2, 0.25) is 0 Å². The first-order valence-electron chi connectivity index (χ1n) is 15.8. The fraction of sp³-hybridized carbons (Fsp3) is 0.432. The summed E-state index contributed by atoms with van der Waals surface area (Å²) in [5.74, 6) is -3.42. The van der Waals surface area contributed by atoms with Crippen LogP contribution in [0.15, 0.2) is 78.6 Å². The maximum atomic E-state index is 13.5. The minimum atomic E-state index is -1.63. The normalized spacial score (nSPS) is 24.9. The summed E-state index contributed by atoms with van der Waals surface area (Å²) in [7, 11) is 0. The monoisotopic (exact) mass is 643 g/mol. The van der Waals surface area contributed by atoms with Gasteiger partial charge in [-0.2, -0.15) is 0 Å². The topological polar surface area (TPSA) is 152 Å². The molecule has 5 atom stereocenters. The molecule has 10 nitrogen and oxygen atoms in total. The zero-order valence-corrected chi connectivity index (χ0v) is 27.9. The summed E-state index contributed by atoms with van der Waals surface area (Å²) in [6.07, 6.45) is 6.53. The molecule has 3 aromatic rings. The molecule has 10 heteroatoms. The highest BCUT2D eigenvalue weighted by Crippen LogP contribution is 2.59. The summed E-state index contributed by atoms with van der Waals surface area (Å²) in [6, 6.07) is 16.7.